The van der Waals surface area contributed by atoms with Crippen LogP contribution in [0.2, 0.25) is 0 Å². The highest BCUT2D eigenvalue weighted by Gasteiger charge is 2.22. The number of thiophene rings is 1. The van der Waals surface area contributed by atoms with Crippen LogP contribution in [0.5, 0.6) is 0 Å². The summed E-state index contributed by atoms with van der Waals surface area (Å²) in [6.07, 6.45) is 6.34. The topological polar surface area (TPSA) is 37.8 Å². The predicted molar refractivity (Wildman–Crippen MR) is 97.2 cm³/mol. The van der Waals surface area contributed by atoms with Gasteiger partial charge < -0.3 is 5.32 Å². The molecule has 2 heterocycles. The zero-order valence-electron chi connectivity index (χ0n) is 13.4. The summed E-state index contributed by atoms with van der Waals surface area (Å²) in [5, 5.41) is 4.81. The highest BCUT2D eigenvalue weighted by Crippen LogP contribution is 2.39. The third-order valence-electron chi connectivity index (χ3n) is 4.64. The molecule has 2 aromatic heterocycles. The maximum atomic E-state index is 4.52. The molecule has 1 aliphatic rings. The Bertz CT molecular complexity index is 810. The second-order valence-corrected chi connectivity index (χ2v) is 7.50. The van der Waals surface area contributed by atoms with Crippen molar-refractivity contribution in [2.45, 2.75) is 32.6 Å². The summed E-state index contributed by atoms with van der Waals surface area (Å²) in [6.45, 7) is 3.25. The van der Waals surface area contributed by atoms with Crippen LogP contribution in [0.1, 0.15) is 29.3 Å². The van der Waals surface area contributed by atoms with Gasteiger partial charge in [0.1, 0.15) is 17.0 Å². The number of nitrogens with one attached hydrogen (secondary N) is 1. The molecule has 4 rings (SSSR count). The minimum Gasteiger partial charge on any atom is -0.369 e. The SMILES string of the molecule is C[C@H]1CCc2c(sc3ncnc(NCCc4ccccc4)c23)C1. The smallest absolute Gasteiger partial charge is 0.138 e. The molecule has 23 heavy (non-hydrogen) atoms. The largest absolute Gasteiger partial charge is 0.369 e. The van der Waals surface area contributed by atoms with E-state index in [2.05, 4.69) is 52.5 Å². The Balaban J connectivity index is 1.57. The van der Waals surface area contributed by atoms with Crippen LogP contribution in [0.4, 0.5) is 5.82 Å². The Morgan fingerprint density at radius 3 is 2.96 bits per heavy atom. The molecule has 1 atom stereocenters. The average molecular weight is 323 g/mol. The van der Waals surface area contributed by atoms with Gasteiger partial charge in [0.15, 0.2) is 0 Å². The second kappa shape index (κ2) is 6.28. The fourth-order valence-electron chi connectivity index (χ4n) is 3.38. The van der Waals surface area contributed by atoms with E-state index < -0.39 is 0 Å². The summed E-state index contributed by atoms with van der Waals surface area (Å²) >= 11 is 1.86. The lowest BCUT2D eigenvalue weighted by Crippen LogP contribution is -2.10. The molecule has 118 valence electrons. The standard InChI is InChI=1S/C19H21N3S/c1-13-7-8-15-16(11-13)23-19-17(15)18(21-12-22-19)20-10-9-14-5-3-2-4-6-14/h2-6,12-13H,7-11H2,1H3,(H,20,21,22)/t13-/m0/s1. The number of hydrogen-bond acceptors (Lipinski definition) is 4. The van der Waals surface area contributed by atoms with E-state index in [0.29, 0.717) is 0 Å². The van der Waals surface area contributed by atoms with E-state index in [-0.39, 0.29) is 0 Å². The number of rotatable bonds is 4. The lowest BCUT2D eigenvalue weighted by atomic mass is 9.89. The molecule has 0 radical (unpaired) electrons. The normalized spacial score (nSPS) is 17.2. The third-order valence-corrected chi connectivity index (χ3v) is 5.80. The summed E-state index contributed by atoms with van der Waals surface area (Å²) in [4.78, 5) is 11.7. The average Bonchev–Trinajstić information content (AvgIpc) is 2.94. The van der Waals surface area contributed by atoms with E-state index in [0.717, 1.165) is 36.0 Å². The number of nitrogens with zero attached hydrogens (tertiary/aromatic N) is 2. The minimum atomic E-state index is 0.790. The molecule has 0 saturated heterocycles. The van der Waals surface area contributed by atoms with Gasteiger partial charge in [-0.1, -0.05) is 37.3 Å². The molecule has 0 unspecified atom stereocenters. The van der Waals surface area contributed by atoms with Gasteiger partial charge in [-0.25, -0.2) is 9.97 Å². The third kappa shape index (κ3) is 2.95. The van der Waals surface area contributed by atoms with E-state index >= 15 is 0 Å². The van der Waals surface area contributed by atoms with Crippen LogP contribution in [0.15, 0.2) is 36.7 Å². The molecule has 3 aromatic rings. The van der Waals surface area contributed by atoms with Crippen LogP contribution >= 0.6 is 11.3 Å². The number of benzene rings is 1. The van der Waals surface area contributed by atoms with Gasteiger partial charge in [-0.15, -0.1) is 11.3 Å². The first-order valence-electron chi connectivity index (χ1n) is 8.34. The molecule has 0 amide bonds. The number of hydrogen-bond donors (Lipinski definition) is 1. The maximum Gasteiger partial charge on any atom is 0.138 e. The van der Waals surface area contributed by atoms with Gasteiger partial charge in [-0.3, -0.25) is 0 Å². The van der Waals surface area contributed by atoms with E-state index in [4.69, 9.17) is 0 Å². The van der Waals surface area contributed by atoms with Crippen molar-refractivity contribution in [2.75, 3.05) is 11.9 Å². The molecule has 0 fully saturated rings. The van der Waals surface area contributed by atoms with Crippen molar-refractivity contribution < 1.29 is 0 Å². The van der Waals surface area contributed by atoms with Crippen LogP contribution in [-0.4, -0.2) is 16.5 Å². The quantitative estimate of drug-likeness (QED) is 0.770. The van der Waals surface area contributed by atoms with Gasteiger partial charge in [0.05, 0.1) is 5.39 Å². The molecule has 3 nitrogen and oxygen atoms in total. The first-order chi connectivity index (χ1) is 11.3. The molecular formula is C19H21N3S. The van der Waals surface area contributed by atoms with Crippen molar-refractivity contribution in [1.82, 2.24) is 9.97 Å². The van der Waals surface area contributed by atoms with Crippen molar-refractivity contribution in [3.8, 4) is 0 Å². The Hall–Kier alpha value is -1.94. The van der Waals surface area contributed by atoms with Crippen molar-refractivity contribution in [1.29, 1.82) is 0 Å². The van der Waals surface area contributed by atoms with Crippen LogP contribution < -0.4 is 5.32 Å². The van der Waals surface area contributed by atoms with Crippen molar-refractivity contribution in [2.24, 2.45) is 5.92 Å². The summed E-state index contributed by atoms with van der Waals surface area (Å²) in [7, 11) is 0. The van der Waals surface area contributed by atoms with E-state index in [1.807, 2.05) is 11.3 Å². The molecule has 0 aliphatic heterocycles. The summed E-state index contributed by atoms with van der Waals surface area (Å²) in [5.41, 5.74) is 2.84. The van der Waals surface area contributed by atoms with Gasteiger partial charge in [0, 0.05) is 11.4 Å². The molecule has 1 aromatic carbocycles. The van der Waals surface area contributed by atoms with Gasteiger partial charge in [-0.05, 0) is 42.7 Å². The van der Waals surface area contributed by atoms with Crippen molar-refractivity contribution in [3.63, 3.8) is 0 Å². The van der Waals surface area contributed by atoms with Crippen molar-refractivity contribution >= 4 is 27.4 Å². The fraction of sp³-hybridized carbons (Fsp3) is 0.368. The Morgan fingerprint density at radius 1 is 1.22 bits per heavy atom. The first-order valence-corrected chi connectivity index (χ1v) is 9.16. The molecule has 4 heteroatoms. The Labute approximate surface area is 140 Å². The molecule has 0 saturated carbocycles. The van der Waals surface area contributed by atoms with Gasteiger partial charge in [0.25, 0.3) is 0 Å². The second-order valence-electron chi connectivity index (χ2n) is 6.42. The van der Waals surface area contributed by atoms with Gasteiger partial charge in [-0.2, -0.15) is 0 Å². The van der Waals surface area contributed by atoms with E-state index in [1.54, 1.807) is 6.33 Å². The molecule has 0 spiro atoms. The van der Waals surface area contributed by atoms with Gasteiger partial charge in [0.2, 0.25) is 0 Å². The fourth-order valence-corrected chi connectivity index (χ4v) is 4.73. The van der Waals surface area contributed by atoms with E-state index in [9.17, 15) is 0 Å². The summed E-state index contributed by atoms with van der Waals surface area (Å²) in [5.74, 6) is 1.80. The highest BCUT2D eigenvalue weighted by molar-refractivity contribution is 7.19. The first kappa shape index (κ1) is 14.6. The summed E-state index contributed by atoms with van der Waals surface area (Å²) in [6, 6.07) is 10.6. The van der Waals surface area contributed by atoms with Crippen LogP contribution in [-0.2, 0) is 19.3 Å². The van der Waals surface area contributed by atoms with Crippen molar-refractivity contribution in [3.05, 3.63) is 52.7 Å². The number of fused-ring (bicyclic) bond motifs is 3. The lowest BCUT2D eigenvalue weighted by Gasteiger charge is -2.18. The van der Waals surface area contributed by atoms with Crippen LogP contribution in [0.25, 0.3) is 10.2 Å². The molecular weight excluding hydrogens is 302 g/mol. The molecule has 0 bridgehead atoms. The highest BCUT2D eigenvalue weighted by atomic mass is 32.1. The number of anilines is 1. The van der Waals surface area contributed by atoms with Gasteiger partial charge >= 0.3 is 0 Å². The summed E-state index contributed by atoms with van der Waals surface area (Å²) < 4.78 is 0. The molecule has 1 aliphatic carbocycles. The maximum absolute atomic E-state index is 4.52. The monoisotopic (exact) mass is 323 g/mol. The zero-order chi connectivity index (χ0) is 15.6. The van der Waals surface area contributed by atoms with Crippen LogP contribution in [0.3, 0.4) is 0 Å². The van der Waals surface area contributed by atoms with Crippen LogP contribution in [0, 0.1) is 5.92 Å². The Morgan fingerprint density at radius 2 is 2.09 bits per heavy atom. The molecule has 1 N–H and O–H groups in total. The van der Waals surface area contributed by atoms with E-state index in [1.165, 1.54) is 34.2 Å². The Kier molecular flexibility index (Phi) is 4.00. The lowest BCUT2D eigenvalue weighted by molar-refractivity contribution is 0.509. The minimum absolute atomic E-state index is 0.790. The predicted octanol–water partition coefficient (Wildman–Crippen LogP) is 4.47. The number of aryl methyl sites for hydroxylation is 1. The number of aromatic nitrogens is 2. The zero-order valence-corrected chi connectivity index (χ0v) is 14.2.